The molecule has 1 aromatic rings. The van der Waals surface area contributed by atoms with Crippen LogP contribution in [0.1, 0.15) is 6.92 Å². The maximum atomic E-state index is 13.6. The Morgan fingerprint density at radius 3 is 3.00 bits per heavy atom. The van der Waals surface area contributed by atoms with E-state index < -0.39 is 0 Å². The molecule has 4 heteroatoms. The number of nitrogens with one attached hydrogen (secondary N) is 1. The summed E-state index contributed by atoms with van der Waals surface area (Å²) < 4.78 is 13.6. The molecule has 1 aliphatic rings. The highest BCUT2D eigenvalue weighted by molar-refractivity contribution is 5.97. The van der Waals surface area contributed by atoms with Crippen LogP contribution in [-0.2, 0) is 4.79 Å². The standard InChI is InChI=1S/C11H13FN2O/c1-7-6-14(2)10-8(12)4-3-5-9(10)13-11(7)15/h3-5,7H,6H2,1-2H3,(H,13,15). The van der Waals surface area contributed by atoms with Crippen molar-refractivity contribution in [3.05, 3.63) is 24.0 Å². The zero-order valence-electron chi connectivity index (χ0n) is 8.75. The molecule has 2 rings (SSSR count). The first-order chi connectivity index (χ1) is 7.09. The molecule has 0 aromatic heterocycles. The largest absolute Gasteiger partial charge is 0.370 e. The second kappa shape index (κ2) is 3.53. The van der Waals surface area contributed by atoms with Crippen molar-refractivity contribution in [2.24, 2.45) is 5.92 Å². The summed E-state index contributed by atoms with van der Waals surface area (Å²) in [6, 6.07) is 4.71. The van der Waals surface area contributed by atoms with Gasteiger partial charge in [-0.15, -0.1) is 0 Å². The Bertz CT molecular complexity index is 406. The molecule has 80 valence electrons. The minimum Gasteiger partial charge on any atom is -0.370 e. The van der Waals surface area contributed by atoms with E-state index in [1.807, 2.05) is 6.92 Å². The van der Waals surface area contributed by atoms with Gasteiger partial charge in [0.15, 0.2) is 0 Å². The third-order valence-electron chi connectivity index (χ3n) is 2.62. The minimum atomic E-state index is -0.301. The maximum Gasteiger partial charge on any atom is 0.229 e. The number of fused-ring (bicyclic) bond motifs is 1. The molecule has 1 N–H and O–H groups in total. The van der Waals surface area contributed by atoms with Gasteiger partial charge in [-0.2, -0.15) is 0 Å². The lowest BCUT2D eigenvalue weighted by atomic mass is 10.1. The van der Waals surface area contributed by atoms with Crippen LogP contribution in [0.3, 0.4) is 0 Å². The number of carbonyl (C=O) groups is 1. The van der Waals surface area contributed by atoms with Crippen LogP contribution in [-0.4, -0.2) is 19.5 Å². The highest BCUT2D eigenvalue weighted by Crippen LogP contribution is 2.31. The van der Waals surface area contributed by atoms with E-state index in [-0.39, 0.29) is 17.6 Å². The van der Waals surface area contributed by atoms with Crippen LogP contribution in [0, 0.1) is 11.7 Å². The Kier molecular flexibility index (Phi) is 2.34. The van der Waals surface area contributed by atoms with E-state index in [2.05, 4.69) is 5.32 Å². The fourth-order valence-corrected chi connectivity index (χ4v) is 1.85. The van der Waals surface area contributed by atoms with Crippen molar-refractivity contribution in [3.63, 3.8) is 0 Å². The summed E-state index contributed by atoms with van der Waals surface area (Å²) >= 11 is 0. The summed E-state index contributed by atoms with van der Waals surface area (Å²) in [6.45, 7) is 2.36. The summed E-state index contributed by atoms with van der Waals surface area (Å²) in [5.74, 6) is -0.502. The van der Waals surface area contributed by atoms with Crippen molar-refractivity contribution in [1.82, 2.24) is 0 Å². The van der Waals surface area contributed by atoms with E-state index in [0.29, 0.717) is 17.9 Å². The molecule has 1 heterocycles. The van der Waals surface area contributed by atoms with Crippen LogP contribution < -0.4 is 10.2 Å². The van der Waals surface area contributed by atoms with Gasteiger partial charge < -0.3 is 10.2 Å². The monoisotopic (exact) mass is 208 g/mol. The molecular formula is C11H13FN2O. The number of nitrogens with zero attached hydrogens (tertiary/aromatic N) is 1. The smallest absolute Gasteiger partial charge is 0.229 e. The van der Waals surface area contributed by atoms with Crippen LogP contribution in [0.4, 0.5) is 15.8 Å². The van der Waals surface area contributed by atoms with Gasteiger partial charge in [-0.25, -0.2) is 4.39 Å². The molecule has 0 radical (unpaired) electrons. The molecule has 1 aliphatic heterocycles. The van der Waals surface area contributed by atoms with Gasteiger partial charge in [0.05, 0.1) is 17.3 Å². The molecule has 15 heavy (non-hydrogen) atoms. The van der Waals surface area contributed by atoms with Crippen molar-refractivity contribution in [2.45, 2.75) is 6.92 Å². The lowest BCUT2D eigenvalue weighted by molar-refractivity contribution is -0.119. The van der Waals surface area contributed by atoms with Gasteiger partial charge in [0.25, 0.3) is 0 Å². The van der Waals surface area contributed by atoms with E-state index in [1.54, 1.807) is 24.1 Å². The van der Waals surface area contributed by atoms with E-state index in [1.165, 1.54) is 6.07 Å². The number of para-hydroxylation sites is 1. The molecule has 3 nitrogen and oxygen atoms in total. The predicted octanol–water partition coefficient (Wildman–Crippen LogP) is 1.85. The van der Waals surface area contributed by atoms with Gasteiger partial charge >= 0.3 is 0 Å². The van der Waals surface area contributed by atoms with Crippen molar-refractivity contribution >= 4 is 17.3 Å². The molecule has 0 saturated heterocycles. The first-order valence-electron chi connectivity index (χ1n) is 4.90. The molecule has 0 saturated carbocycles. The van der Waals surface area contributed by atoms with E-state index in [0.717, 1.165) is 0 Å². The van der Waals surface area contributed by atoms with Crippen LogP contribution >= 0.6 is 0 Å². The van der Waals surface area contributed by atoms with E-state index in [4.69, 9.17) is 0 Å². The van der Waals surface area contributed by atoms with Gasteiger partial charge in [-0.3, -0.25) is 4.79 Å². The summed E-state index contributed by atoms with van der Waals surface area (Å²) in [7, 11) is 1.79. The molecule has 1 aromatic carbocycles. The third kappa shape index (κ3) is 1.67. The molecule has 0 fully saturated rings. The predicted molar refractivity (Wildman–Crippen MR) is 57.5 cm³/mol. The average molecular weight is 208 g/mol. The lowest BCUT2D eigenvalue weighted by Gasteiger charge is -2.20. The third-order valence-corrected chi connectivity index (χ3v) is 2.62. The van der Waals surface area contributed by atoms with Crippen LogP contribution in [0.25, 0.3) is 0 Å². The fourth-order valence-electron chi connectivity index (χ4n) is 1.85. The van der Waals surface area contributed by atoms with Crippen LogP contribution in [0.2, 0.25) is 0 Å². The van der Waals surface area contributed by atoms with Gasteiger partial charge in [0.2, 0.25) is 5.91 Å². The van der Waals surface area contributed by atoms with Gasteiger partial charge in [0, 0.05) is 13.6 Å². The first-order valence-corrected chi connectivity index (χ1v) is 4.90. The number of hydrogen-bond acceptors (Lipinski definition) is 2. The van der Waals surface area contributed by atoms with Crippen LogP contribution in [0.15, 0.2) is 18.2 Å². The molecule has 0 bridgehead atoms. The van der Waals surface area contributed by atoms with Crippen molar-refractivity contribution < 1.29 is 9.18 Å². The summed E-state index contributed by atoms with van der Waals surface area (Å²) in [6.07, 6.45) is 0. The minimum absolute atomic E-state index is 0.0637. The summed E-state index contributed by atoms with van der Waals surface area (Å²) in [4.78, 5) is 13.3. The number of benzene rings is 1. The SMILES string of the molecule is CC1CN(C)c2c(F)cccc2NC1=O. The maximum absolute atomic E-state index is 13.6. The van der Waals surface area contributed by atoms with E-state index >= 15 is 0 Å². The summed E-state index contributed by atoms with van der Waals surface area (Å²) in [5, 5.41) is 2.72. The van der Waals surface area contributed by atoms with Crippen molar-refractivity contribution in [1.29, 1.82) is 0 Å². The normalized spacial score (nSPS) is 20.6. The second-order valence-corrected chi connectivity index (χ2v) is 3.91. The number of halogens is 1. The molecule has 1 unspecified atom stereocenters. The molecular weight excluding hydrogens is 195 g/mol. The Balaban J connectivity index is 2.51. The Morgan fingerprint density at radius 2 is 2.27 bits per heavy atom. The second-order valence-electron chi connectivity index (χ2n) is 3.91. The number of rotatable bonds is 0. The van der Waals surface area contributed by atoms with Crippen LogP contribution in [0.5, 0.6) is 0 Å². The molecule has 0 aliphatic carbocycles. The Morgan fingerprint density at radius 1 is 1.53 bits per heavy atom. The Hall–Kier alpha value is -1.58. The summed E-state index contributed by atoms with van der Waals surface area (Å²) in [5.41, 5.74) is 1.02. The van der Waals surface area contributed by atoms with Gasteiger partial charge in [-0.05, 0) is 12.1 Å². The number of anilines is 2. The van der Waals surface area contributed by atoms with Crippen molar-refractivity contribution in [3.8, 4) is 0 Å². The van der Waals surface area contributed by atoms with Crippen molar-refractivity contribution in [2.75, 3.05) is 23.8 Å². The molecule has 1 atom stereocenters. The number of carbonyl (C=O) groups excluding carboxylic acids is 1. The quantitative estimate of drug-likeness (QED) is 0.705. The highest BCUT2D eigenvalue weighted by atomic mass is 19.1. The van der Waals surface area contributed by atoms with E-state index in [9.17, 15) is 9.18 Å². The molecule has 1 amide bonds. The number of amides is 1. The zero-order chi connectivity index (χ0) is 11.0. The number of hydrogen-bond donors (Lipinski definition) is 1. The Labute approximate surface area is 87.9 Å². The topological polar surface area (TPSA) is 32.3 Å². The first kappa shape index (κ1) is 9.96. The van der Waals surface area contributed by atoms with Gasteiger partial charge in [0.1, 0.15) is 5.82 Å². The average Bonchev–Trinajstić information content (AvgIpc) is 2.26. The van der Waals surface area contributed by atoms with Gasteiger partial charge in [-0.1, -0.05) is 13.0 Å². The lowest BCUT2D eigenvalue weighted by Crippen LogP contribution is -2.27. The fraction of sp³-hybridized carbons (Fsp3) is 0.364. The molecule has 0 spiro atoms. The highest BCUT2D eigenvalue weighted by Gasteiger charge is 2.24. The zero-order valence-corrected chi connectivity index (χ0v) is 8.75.